The maximum atomic E-state index is 13.4. The lowest BCUT2D eigenvalue weighted by Gasteiger charge is -2.16. The number of nitrogens with zero attached hydrogens (tertiary/aromatic N) is 5. The van der Waals surface area contributed by atoms with Gasteiger partial charge in [0, 0.05) is 25.0 Å². The molecule has 1 unspecified atom stereocenters. The van der Waals surface area contributed by atoms with E-state index in [-0.39, 0.29) is 25.6 Å². The normalized spacial score (nSPS) is 12.5. The number of hydrogen-bond donors (Lipinski definition) is 0. The Morgan fingerprint density at radius 1 is 1.12 bits per heavy atom. The zero-order chi connectivity index (χ0) is 23.2. The summed E-state index contributed by atoms with van der Waals surface area (Å²) in [6.45, 7) is 7.93. The lowest BCUT2D eigenvalue weighted by atomic mass is 10.1. The van der Waals surface area contributed by atoms with Crippen molar-refractivity contribution in [2.45, 2.75) is 46.7 Å². The predicted octanol–water partition coefficient (Wildman–Crippen LogP) is 2.33. The first-order valence-corrected chi connectivity index (χ1v) is 10.7. The molecule has 4 aromatic rings. The minimum absolute atomic E-state index is 0.0210. The lowest BCUT2D eigenvalue weighted by molar-refractivity contribution is -0.143. The molecule has 168 valence electrons. The Kier molecular flexibility index (Phi) is 5.50. The van der Waals surface area contributed by atoms with Crippen LogP contribution in [0.15, 0.2) is 39.9 Å². The Bertz CT molecular complexity index is 1440. The van der Waals surface area contributed by atoms with E-state index in [1.165, 1.54) is 4.57 Å². The first kappa shape index (κ1) is 21.6. The number of imidazole rings is 2. The van der Waals surface area contributed by atoms with Gasteiger partial charge in [-0.05, 0) is 33.3 Å². The van der Waals surface area contributed by atoms with Gasteiger partial charge in [0.25, 0.3) is 5.56 Å². The van der Waals surface area contributed by atoms with Gasteiger partial charge in [-0.25, -0.2) is 4.79 Å². The molecule has 0 amide bonds. The molecule has 4 rings (SSSR count). The topological polar surface area (TPSA) is 92.5 Å². The van der Waals surface area contributed by atoms with Crippen molar-refractivity contribution in [3.63, 3.8) is 0 Å². The number of aromatic nitrogens is 5. The summed E-state index contributed by atoms with van der Waals surface area (Å²) in [6, 6.07) is 10.0. The van der Waals surface area contributed by atoms with Gasteiger partial charge >= 0.3 is 11.7 Å². The molecular formula is C23H27N5O4. The fourth-order valence-electron chi connectivity index (χ4n) is 4.25. The second kappa shape index (κ2) is 8.14. The second-order valence-corrected chi connectivity index (χ2v) is 7.90. The summed E-state index contributed by atoms with van der Waals surface area (Å²) in [5, 5.41) is 0. The van der Waals surface area contributed by atoms with Crippen LogP contribution in [0.4, 0.5) is 0 Å². The highest BCUT2D eigenvalue weighted by molar-refractivity contribution is 5.76. The van der Waals surface area contributed by atoms with Gasteiger partial charge in [-0.15, -0.1) is 0 Å². The third kappa shape index (κ3) is 3.24. The summed E-state index contributed by atoms with van der Waals surface area (Å²) >= 11 is 0. The Morgan fingerprint density at radius 2 is 1.81 bits per heavy atom. The van der Waals surface area contributed by atoms with Gasteiger partial charge in [-0.3, -0.25) is 23.1 Å². The van der Waals surface area contributed by atoms with E-state index in [9.17, 15) is 14.4 Å². The molecule has 3 heterocycles. The van der Waals surface area contributed by atoms with Gasteiger partial charge in [0.1, 0.15) is 0 Å². The van der Waals surface area contributed by atoms with Crippen LogP contribution in [-0.4, -0.2) is 35.7 Å². The second-order valence-electron chi connectivity index (χ2n) is 7.90. The molecule has 3 aromatic heterocycles. The number of ether oxygens (including phenoxy) is 1. The maximum absolute atomic E-state index is 13.4. The van der Waals surface area contributed by atoms with Crippen LogP contribution in [-0.2, 0) is 23.1 Å². The molecule has 0 spiro atoms. The largest absolute Gasteiger partial charge is 0.466 e. The molecule has 0 fully saturated rings. The van der Waals surface area contributed by atoms with E-state index in [0.29, 0.717) is 16.9 Å². The first-order chi connectivity index (χ1) is 15.3. The third-order valence-electron chi connectivity index (χ3n) is 6.07. The Hall–Kier alpha value is -3.62. The van der Waals surface area contributed by atoms with Crippen LogP contribution in [0.2, 0.25) is 0 Å². The highest BCUT2D eigenvalue weighted by Gasteiger charge is 2.25. The van der Waals surface area contributed by atoms with Crippen LogP contribution >= 0.6 is 0 Å². The van der Waals surface area contributed by atoms with Crippen molar-refractivity contribution in [3.8, 4) is 0 Å². The van der Waals surface area contributed by atoms with Crippen LogP contribution < -0.4 is 11.2 Å². The van der Waals surface area contributed by atoms with E-state index in [2.05, 4.69) is 23.6 Å². The number of carbonyl (C=O) groups is 1. The molecule has 0 N–H and O–H groups in total. The van der Waals surface area contributed by atoms with Gasteiger partial charge in [0.05, 0.1) is 19.1 Å². The van der Waals surface area contributed by atoms with Crippen LogP contribution in [0.3, 0.4) is 0 Å². The predicted molar refractivity (Wildman–Crippen MR) is 121 cm³/mol. The number of aryl methyl sites for hydroxylation is 2. The van der Waals surface area contributed by atoms with Gasteiger partial charge in [-0.2, -0.15) is 4.98 Å². The Labute approximate surface area is 184 Å². The Morgan fingerprint density at radius 3 is 2.47 bits per heavy atom. The summed E-state index contributed by atoms with van der Waals surface area (Å²) in [7, 11) is 1.59. The number of fused-ring (bicyclic) bond motifs is 3. The van der Waals surface area contributed by atoms with Crippen molar-refractivity contribution < 1.29 is 9.53 Å². The van der Waals surface area contributed by atoms with Crippen molar-refractivity contribution in [1.29, 1.82) is 0 Å². The standard InChI is InChI=1S/C23H27N5O4/c1-6-32-18(29)12-13-26-21(30)19-20(25(5)23(26)31)24-22-27(14(2)15(3)28(19)22)16(4)17-10-8-7-9-11-17/h7-11,16H,6,12-13H2,1-5H3. The zero-order valence-corrected chi connectivity index (χ0v) is 19.0. The van der Waals surface area contributed by atoms with E-state index in [1.807, 2.05) is 36.4 Å². The highest BCUT2D eigenvalue weighted by atomic mass is 16.5. The molecule has 9 nitrogen and oxygen atoms in total. The van der Waals surface area contributed by atoms with E-state index < -0.39 is 17.2 Å². The molecule has 0 aliphatic rings. The maximum Gasteiger partial charge on any atom is 0.332 e. The van der Waals surface area contributed by atoms with Gasteiger partial charge in [-0.1, -0.05) is 30.3 Å². The molecule has 0 radical (unpaired) electrons. The molecule has 0 bridgehead atoms. The summed E-state index contributed by atoms with van der Waals surface area (Å²) in [6.07, 6.45) is -0.0551. The SMILES string of the molecule is CCOC(=O)CCn1c(=O)c2c(nc3n(C(C)c4ccccc4)c(C)c(C)n23)n(C)c1=O. The van der Waals surface area contributed by atoms with Gasteiger partial charge < -0.3 is 9.30 Å². The third-order valence-corrected chi connectivity index (χ3v) is 6.07. The van der Waals surface area contributed by atoms with Crippen molar-refractivity contribution in [2.24, 2.45) is 7.05 Å². The minimum Gasteiger partial charge on any atom is -0.466 e. The lowest BCUT2D eigenvalue weighted by Crippen LogP contribution is -2.40. The zero-order valence-electron chi connectivity index (χ0n) is 19.0. The fourth-order valence-corrected chi connectivity index (χ4v) is 4.25. The highest BCUT2D eigenvalue weighted by Crippen LogP contribution is 2.27. The summed E-state index contributed by atoms with van der Waals surface area (Å²) < 4.78 is 11.3. The van der Waals surface area contributed by atoms with E-state index in [1.54, 1.807) is 14.0 Å². The molecule has 0 saturated carbocycles. The van der Waals surface area contributed by atoms with Crippen molar-refractivity contribution >= 4 is 22.9 Å². The summed E-state index contributed by atoms with van der Waals surface area (Å²) in [4.78, 5) is 42.8. The average Bonchev–Trinajstić information content (AvgIpc) is 3.28. The van der Waals surface area contributed by atoms with E-state index in [0.717, 1.165) is 21.5 Å². The Balaban J connectivity index is 1.95. The van der Waals surface area contributed by atoms with Crippen molar-refractivity contribution in [3.05, 3.63) is 68.1 Å². The van der Waals surface area contributed by atoms with Crippen LogP contribution in [0.5, 0.6) is 0 Å². The smallest absolute Gasteiger partial charge is 0.332 e. The monoisotopic (exact) mass is 437 g/mol. The summed E-state index contributed by atoms with van der Waals surface area (Å²) in [5.74, 6) is 0.149. The van der Waals surface area contributed by atoms with Crippen molar-refractivity contribution in [2.75, 3.05) is 6.61 Å². The van der Waals surface area contributed by atoms with Crippen LogP contribution in [0, 0.1) is 13.8 Å². The number of esters is 1. The quantitative estimate of drug-likeness (QED) is 0.432. The first-order valence-electron chi connectivity index (χ1n) is 10.7. The molecule has 32 heavy (non-hydrogen) atoms. The molecule has 9 heteroatoms. The molecule has 1 atom stereocenters. The molecular weight excluding hydrogens is 410 g/mol. The number of rotatable bonds is 6. The fraction of sp³-hybridized carbons (Fsp3) is 0.391. The minimum atomic E-state index is -0.510. The summed E-state index contributed by atoms with van der Waals surface area (Å²) in [5.41, 5.74) is 2.64. The molecule has 0 saturated heterocycles. The number of carbonyl (C=O) groups excluding carboxylic acids is 1. The number of benzene rings is 1. The number of hydrogen-bond acceptors (Lipinski definition) is 5. The van der Waals surface area contributed by atoms with E-state index in [4.69, 9.17) is 9.72 Å². The molecule has 0 aliphatic carbocycles. The van der Waals surface area contributed by atoms with Crippen molar-refractivity contribution in [1.82, 2.24) is 23.1 Å². The molecule has 1 aromatic carbocycles. The van der Waals surface area contributed by atoms with Gasteiger partial charge in [0.2, 0.25) is 5.78 Å². The van der Waals surface area contributed by atoms with Crippen LogP contribution in [0.25, 0.3) is 16.9 Å². The van der Waals surface area contributed by atoms with Gasteiger partial charge in [0.15, 0.2) is 11.2 Å². The van der Waals surface area contributed by atoms with E-state index >= 15 is 0 Å². The average molecular weight is 438 g/mol. The molecule has 0 aliphatic heterocycles. The van der Waals surface area contributed by atoms with Crippen LogP contribution in [0.1, 0.15) is 43.3 Å².